The van der Waals surface area contributed by atoms with Gasteiger partial charge in [-0.2, -0.15) is 0 Å². The Morgan fingerprint density at radius 1 is 0.958 bits per heavy atom. The average Bonchev–Trinajstić information content (AvgIpc) is 2.61. The summed E-state index contributed by atoms with van der Waals surface area (Å²) in [6, 6.07) is 0. The molecule has 0 spiro atoms. The molecule has 1 atom stereocenters. The summed E-state index contributed by atoms with van der Waals surface area (Å²) < 4.78 is 10.4. The Bertz CT molecular complexity index is 376. The van der Waals surface area contributed by atoms with E-state index >= 15 is 0 Å². The Morgan fingerprint density at radius 2 is 1.62 bits per heavy atom. The summed E-state index contributed by atoms with van der Waals surface area (Å²) in [5, 5.41) is 0. The number of rotatable bonds is 13. The summed E-state index contributed by atoms with van der Waals surface area (Å²) in [5.41, 5.74) is 0. The third-order valence-electron chi connectivity index (χ3n) is 4.36. The highest BCUT2D eigenvalue weighted by molar-refractivity contribution is 5.77. The van der Waals surface area contributed by atoms with E-state index < -0.39 is 0 Å². The van der Waals surface area contributed by atoms with E-state index in [-0.39, 0.29) is 24.8 Å². The van der Waals surface area contributed by atoms with Gasteiger partial charge in [0.1, 0.15) is 0 Å². The van der Waals surface area contributed by atoms with Gasteiger partial charge in [0, 0.05) is 5.92 Å². The molecule has 1 aliphatic rings. The van der Waals surface area contributed by atoms with Gasteiger partial charge in [-0.25, -0.2) is 0 Å². The minimum atomic E-state index is -0.304. The molecule has 0 aromatic heterocycles. The first kappa shape index (κ1) is 20.7. The van der Waals surface area contributed by atoms with Crippen LogP contribution in [0.5, 0.6) is 0 Å². The maximum absolute atomic E-state index is 11.6. The molecule has 0 saturated heterocycles. The zero-order valence-corrected chi connectivity index (χ0v) is 15.3. The molecule has 0 N–H and O–H groups in total. The van der Waals surface area contributed by atoms with Crippen molar-refractivity contribution in [2.75, 3.05) is 13.2 Å². The normalized spacial score (nSPS) is 16.8. The molecule has 1 rings (SSSR count). The number of unbranched alkanes of at least 4 members (excludes halogenated alkanes) is 6. The molecule has 0 fully saturated rings. The number of carbonyl (C=O) groups excluding carboxylic acids is 2. The first-order chi connectivity index (χ1) is 11.7. The fourth-order valence-corrected chi connectivity index (χ4v) is 2.82. The molecule has 0 radical (unpaired) electrons. The van der Waals surface area contributed by atoms with Gasteiger partial charge in [-0.15, -0.1) is 0 Å². The minimum absolute atomic E-state index is 0.117. The van der Waals surface area contributed by atoms with Crippen LogP contribution >= 0.6 is 0 Å². The van der Waals surface area contributed by atoms with Gasteiger partial charge in [-0.1, -0.05) is 57.6 Å². The van der Waals surface area contributed by atoms with E-state index in [0.29, 0.717) is 19.1 Å². The van der Waals surface area contributed by atoms with Gasteiger partial charge in [-0.05, 0) is 25.7 Å². The second kappa shape index (κ2) is 14.1. The van der Waals surface area contributed by atoms with Crippen LogP contribution in [0.4, 0.5) is 0 Å². The lowest BCUT2D eigenvalue weighted by atomic mass is 9.97. The summed E-state index contributed by atoms with van der Waals surface area (Å²) in [7, 11) is 0. The number of carbonyl (C=O) groups is 2. The third kappa shape index (κ3) is 11.3. The van der Waals surface area contributed by atoms with Crippen molar-refractivity contribution in [3.05, 3.63) is 12.2 Å². The van der Waals surface area contributed by atoms with Crippen molar-refractivity contribution in [2.45, 2.75) is 84.0 Å². The molecule has 4 heteroatoms. The van der Waals surface area contributed by atoms with Crippen molar-refractivity contribution in [1.29, 1.82) is 0 Å². The molecule has 0 heterocycles. The second-order valence-electron chi connectivity index (χ2n) is 6.64. The van der Waals surface area contributed by atoms with Crippen LogP contribution < -0.4 is 0 Å². The van der Waals surface area contributed by atoms with Crippen LogP contribution in [0.15, 0.2) is 12.2 Å². The predicted octanol–water partition coefficient (Wildman–Crippen LogP) is 4.96. The molecule has 24 heavy (non-hydrogen) atoms. The van der Waals surface area contributed by atoms with E-state index in [1.54, 1.807) is 0 Å². The summed E-state index contributed by atoms with van der Waals surface area (Å²) in [6.07, 6.45) is 16.2. The number of hydrogen-bond acceptors (Lipinski definition) is 4. The van der Waals surface area contributed by atoms with Crippen LogP contribution in [0.1, 0.15) is 84.0 Å². The van der Waals surface area contributed by atoms with Crippen LogP contribution in [-0.4, -0.2) is 25.2 Å². The van der Waals surface area contributed by atoms with Gasteiger partial charge in [0.15, 0.2) is 0 Å². The summed E-state index contributed by atoms with van der Waals surface area (Å²) in [6.45, 7) is 3.11. The minimum Gasteiger partial charge on any atom is -0.466 e. The fraction of sp³-hybridized carbons (Fsp3) is 0.800. The lowest BCUT2D eigenvalue weighted by Gasteiger charge is -2.15. The van der Waals surface area contributed by atoms with Gasteiger partial charge in [0.05, 0.1) is 26.1 Å². The summed E-state index contributed by atoms with van der Waals surface area (Å²) >= 11 is 0. The summed E-state index contributed by atoms with van der Waals surface area (Å²) in [4.78, 5) is 23.2. The second-order valence-corrected chi connectivity index (χ2v) is 6.64. The lowest BCUT2D eigenvalue weighted by Crippen LogP contribution is -2.15. The van der Waals surface area contributed by atoms with Crippen LogP contribution in [-0.2, 0) is 19.1 Å². The zero-order chi connectivity index (χ0) is 17.5. The van der Waals surface area contributed by atoms with E-state index in [0.717, 1.165) is 32.1 Å². The van der Waals surface area contributed by atoms with Crippen LogP contribution in [0.3, 0.4) is 0 Å². The summed E-state index contributed by atoms with van der Waals surface area (Å²) in [5.74, 6) is -0.260. The van der Waals surface area contributed by atoms with Gasteiger partial charge >= 0.3 is 11.9 Å². The lowest BCUT2D eigenvalue weighted by molar-refractivity contribution is -0.151. The predicted molar refractivity (Wildman–Crippen MR) is 95.6 cm³/mol. The highest BCUT2D eigenvalue weighted by Gasteiger charge is 2.13. The van der Waals surface area contributed by atoms with Gasteiger partial charge in [-0.3, -0.25) is 9.59 Å². The largest absolute Gasteiger partial charge is 0.466 e. The molecule has 0 aliphatic heterocycles. The van der Waals surface area contributed by atoms with Crippen molar-refractivity contribution in [1.82, 2.24) is 0 Å². The van der Waals surface area contributed by atoms with Crippen molar-refractivity contribution >= 4 is 11.9 Å². The number of esters is 2. The first-order valence-electron chi connectivity index (χ1n) is 9.70. The van der Waals surface area contributed by atoms with Crippen molar-refractivity contribution < 1.29 is 19.1 Å². The SMILES string of the molecule is CCCCCCCCCOC(=O)CCC(=O)OCC1C=CCCC1. The monoisotopic (exact) mass is 338 g/mol. The Labute approximate surface area is 147 Å². The first-order valence-corrected chi connectivity index (χ1v) is 9.70. The third-order valence-corrected chi connectivity index (χ3v) is 4.36. The van der Waals surface area contributed by atoms with E-state index in [1.807, 2.05) is 0 Å². The molecule has 1 unspecified atom stereocenters. The smallest absolute Gasteiger partial charge is 0.306 e. The Kier molecular flexibility index (Phi) is 12.1. The maximum atomic E-state index is 11.6. The van der Waals surface area contributed by atoms with E-state index in [1.165, 1.54) is 32.1 Å². The van der Waals surface area contributed by atoms with Gasteiger partial charge in [0.2, 0.25) is 0 Å². The fourth-order valence-electron chi connectivity index (χ4n) is 2.82. The Hall–Kier alpha value is -1.32. The van der Waals surface area contributed by atoms with Crippen LogP contribution in [0.25, 0.3) is 0 Å². The molecule has 0 aromatic rings. The molecule has 0 bridgehead atoms. The van der Waals surface area contributed by atoms with E-state index in [9.17, 15) is 9.59 Å². The van der Waals surface area contributed by atoms with Gasteiger partial charge in [0.25, 0.3) is 0 Å². The molecule has 0 aromatic carbocycles. The topological polar surface area (TPSA) is 52.6 Å². The highest BCUT2D eigenvalue weighted by atomic mass is 16.5. The molecule has 1 aliphatic carbocycles. The number of ether oxygens (including phenoxy) is 2. The molecule has 138 valence electrons. The average molecular weight is 338 g/mol. The van der Waals surface area contributed by atoms with Crippen molar-refractivity contribution in [3.8, 4) is 0 Å². The van der Waals surface area contributed by atoms with E-state index in [2.05, 4.69) is 19.1 Å². The van der Waals surface area contributed by atoms with E-state index in [4.69, 9.17) is 9.47 Å². The zero-order valence-electron chi connectivity index (χ0n) is 15.3. The van der Waals surface area contributed by atoms with Crippen LogP contribution in [0.2, 0.25) is 0 Å². The van der Waals surface area contributed by atoms with Gasteiger partial charge < -0.3 is 9.47 Å². The molecule has 0 amide bonds. The number of hydrogen-bond donors (Lipinski definition) is 0. The van der Waals surface area contributed by atoms with Crippen molar-refractivity contribution in [2.24, 2.45) is 5.92 Å². The Balaban J connectivity index is 1.92. The maximum Gasteiger partial charge on any atom is 0.306 e. The molecule has 4 nitrogen and oxygen atoms in total. The van der Waals surface area contributed by atoms with Crippen LogP contribution in [0, 0.1) is 5.92 Å². The Morgan fingerprint density at radius 3 is 2.29 bits per heavy atom. The van der Waals surface area contributed by atoms with Crippen molar-refractivity contribution in [3.63, 3.8) is 0 Å². The number of allylic oxidation sites excluding steroid dienone is 1. The highest BCUT2D eigenvalue weighted by Crippen LogP contribution is 2.17. The molecular formula is C20H34O4. The standard InChI is InChI=1S/C20H34O4/c1-2-3-4-5-6-7-11-16-23-19(21)14-15-20(22)24-17-18-12-9-8-10-13-18/h9,12,18H,2-8,10-11,13-17H2,1H3. The quantitative estimate of drug-likeness (QED) is 0.270. The molecular weight excluding hydrogens is 304 g/mol. The molecule has 0 saturated carbocycles.